The van der Waals surface area contributed by atoms with Gasteiger partial charge in [0.1, 0.15) is 6.29 Å². The van der Waals surface area contributed by atoms with Gasteiger partial charge in [0, 0.05) is 24.5 Å². The minimum absolute atomic E-state index is 0.183. The standard InChI is InChI=1S/C12H23NO/c1-10(2)7-13(11-5-6-11)8-12(3,4)9-14/h9-11H,5-8H2,1-4H3. The summed E-state index contributed by atoms with van der Waals surface area (Å²) in [4.78, 5) is 13.3. The Bertz CT molecular complexity index is 194. The number of rotatable bonds is 6. The summed E-state index contributed by atoms with van der Waals surface area (Å²) in [6.45, 7) is 10.6. The number of nitrogens with zero attached hydrogens (tertiary/aromatic N) is 1. The van der Waals surface area contributed by atoms with Crippen molar-refractivity contribution in [3.05, 3.63) is 0 Å². The van der Waals surface area contributed by atoms with E-state index in [1.54, 1.807) is 0 Å². The van der Waals surface area contributed by atoms with Gasteiger partial charge in [-0.1, -0.05) is 27.7 Å². The quantitative estimate of drug-likeness (QED) is 0.609. The number of carbonyl (C=O) groups is 1. The first-order chi connectivity index (χ1) is 6.44. The van der Waals surface area contributed by atoms with Crippen LogP contribution in [0.1, 0.15) is 40.5 Å². The first kappa shape index (κ1) is 11.7. The Balaban J connectivity index is 2.46. The number of hydrogen-bond acceptors (Lipinski definition) is 2. The summed E-state index contributed by atoms with van der Waals surface area (Å²) in [5.41, 5.74) is -0.183. The van der Waals surface area contributed by atoms with Crippen LogP contribution in [0.3, 0.4) is 0 Å². The topological polar surface area (TPSA) is 20.3 Å². The zero-order chi connectivity index (χ0) is 10.8. The van der Waals surface area contributed by atoms with Crippen LogP contribution in [-0.4, -0.2) is 30.3 Å². The lowest BCUT2D eigenvalue weighted by molar-refractivity contribution is -0.115. The third kappa shape index (κ3) is 3.79. The van der Waals surface area contributed by atoms with Crippen LogP contribution in [0, 0.1) is 11.3 Å². The van der Waals surface area contributed by atoms with Gasteiger partial charge in [-0.2, -0.15) is 0 Å². The number of hydrogen-bond donors (Lipinski definition) is 0. The molecule has 0 saturated heterocycles. The normalized spacial score (nSPS) is 17.9. The lowest BCUT2D eigenvalue weighted by atomic mass is 9.94. The first-order valence-corrected chi connectivity index (χ1v) is 5.65. The SMILES string of the molecule is CC(C)CN(CC(C)(C)C=O)C1CC1. The van der Waals surface area contributed by atoms with Crippen LogP contribution >= 0.6 is 0 Å². The van der Waals surface area contributed by atoms with Crippen LogP contribution in [0.5, 0.6) is 0 Å². The largest absolute Gasteiger partial charge is 0.303 e. The molecule has 1 aliphatic carbocycles. The highest BCUT2D eigenvalue weighted by Gasteiger charge is 2.32. The summed E-state index contributed by atoms with van der Waals surface area (Å²) < 4.78 is 0. The van der Waals surface area contributed by atoms with Crippen LogP contribution in [0.2, 0.25) is 0 Å². The van der Waals surface area contributed by atoms with E-state index in [1.807, 2.05) is 13.8 Å². The summed E-state index contributed by atoms with van der Waals surface area (Å²) >= 11 is 0. The van der Waals surface area contributed by atoms with Crippen molar-refractivity contribution < 1.29 is 4.79 Å². The van der Waals surface area contributed by atoms with Gasteiger partial charge in [0.15, 0.2) is 0 Å². The Morgan fingerprint density at radius 3 is 2.36 bits per heavy atom. The molecule has 0 spiro atoms. The van der Waals surface area contributed by atoms with Gasteiger partial charge in [-0.25, -0.2) is 0 Å². The molecule has 0 aliphatic heterocycles. The number of aldehydes is 1. The van der Waals surface area contributed by atoms with Gasteiger partial charge in [-0.3, -0.25) is 4.90 Å². The van der Waals surface area contributed by atoms with Gasteiger partial charge in [0.2, 0.25) is 0 Å². The maximum Gasteiger partial charge on any atom is 0.126 e. The van der Waals surface area contributed by atoms with Crippen LogP contribution in [-0.2, 0) is 4.79 Å². The van der Waals surface area contributed by atoms with Gasteiger partial charge in [-0.15, -0.1) is 0 Å². The molecule has 1 aliphatic rings. The second-order valence-corrected chi connectivity index (χ2v) is 5.66. The van der Waals surface area contributed by atoms with Gasteiger partial charge >= 0.3 is 0 Å². The lowest BCUT2D eigenvalue weighted by Crippen LogP contribution is -2.38. The fourth-order valence-corrected chi connectivity index (χ4v) is 1.81. The fraction of sp³-hybridized carbons (Fsp3) is 0.917. The van der Waals surface area contributed by atoms with E-state index < -0.39 is 0 Å². The molecular weight excluding hydrogens is 174 g/mol. The zero-order valence-corrected chi connectivity index (χ0v) is 9.92. The maximum atomic E-state index is 10.9. The number of carbonyl (C=O) groups excluding carboxylic acids is 1. The third-order valence-corrected chi connectivity index (χ3v) is 2.59. The molecule has 14 heavy (non-hydrogen) atoms. The third-order valence-electron chi connectivity index (χ3n) is 2.59. The second kappa shape index (κ2) is 4.43. The smallest absolute Gasteiger partial charge is 0.126 e. The van der Waals surface area contributed by atoms with E-state index in [0.717, 1.165) is 25.4 Å². The lowest BCUT2D eigenvalue weighted by Gasteiger charge is -2.30. The summed E-state index contributed by atoms with van der Waals surface area (Å²) in [5, 5.41) is 0. The summed E-state index contributed by atoms with van der Waals surface area (Å²) in [6.07, 6.45) is 3.73. The van der Waals surface area contributed by atoms with E-state index in [-0.39, 0.29) is 5.41 Å². The highest BCUT2D eigenvalue weighted by Crippen LogP contribution is 2.30. The van der Waals surface area contributed by atoms with Crippen molar-refractivity contribution in [3.63, 3.8) is 0 Å². The van der Waals surface area contributed by atoms with E-state index in [2.05, 4.69) is 18.7 Å². The highest BCUT2D eigenvalue weighted by atomic mass is 16.1. The Kier molecular flexibility index (Phi) is 3.71. The Hall–Kier alpha value is -0.370. The zero-order valence-electron chi connectivity index (χ0n) is 9.92. The first-order valence-electron chi connectivity index (χ1n) is 5.65. The average Bonchev–Trinajstić information content (AvgIpc) is 2.84. The van der Waals surface area contributed by atoms with Gasteiger partial charge in [-0.05, 0) is 18.8 Å². The molecule has 2 nitrogen and oxygen atoms in total. The molecule has 0 unspecified atom stereocenters. The predicted octanol–water partition coefficient (Wildman–Crippen LogP) is 2.33. The van der Waals surface area contributed by atoms with Crippen molar-refractivity contribution in [2.24, 2.45) is 11.3 Å². The molecule has 0 amide bonds. The molecule has 0 atom stereocenters. The molecule has 1 rings (SSSR count). The van der Waals surface area contributed by atoms with E-state index in [0.29, 0.717) is 5.92 Å². The van der Waals surface area contributed by atoms with Crippen molar-refractivity contribution in [2.45, 2.75) is 46.6 Å². The molecule has 0 N–H and O–H groups in total. The highest BCUT2D eigenvalue weighted by molar-refractivity contribution is 5.58. The average molecular weight is 197 g/mol. The molecule has 0 radical (unpaired) electrons. The van der Waals surface area contributed by atoms with E-state index in [9.17, 15) is 4.79 Å². The molecule has 2 heteroatoms. The molecule has 0 aromatic heterocycles. The second-order valence-electron chi connectivity index (χ2n) is 5.66. The van der Waals surface area contributed by atoms with Crippen molar-refractivity contribution in [1.82, 2.24) is 4.90 Å². The van der Waals surface area contributed by atoms with Crippen LogP contribution in [0.25, 0.3) is 0 Å². The molecule has 0 aromatic carbocycles. The van der Waals surface area contributed by atoms with Gasteiger partial charge in [0.05, 0.1) is 0 Å². The Morgan fingerprint density at radius 1 is 1.43 bits per heavy atom. The summed E-state index contributed by atoms with van der Waals surface area (Å²) in [7, 11) is 0. The van der Waals surface area contributed by atoms with Crippen LogP contribution in [0.4, 0.5) is 0 Å². The van der Waals surface area contributed by atoms with Crippen molar-refractivity contribution >= 4 is 6.29 Å². The molecule has 0 heterocycles. The molecule has 1 fully saturated rings. The maximum absolute atomic E-state index is 10.9. The molecule has 0 aromatic rings. The Labute approximate surface area is 87.7 Å². The van der Waals surface area contributed by atoms with Crippen LogP contribution < -0.4 is 0 Å². The molecule has 1 saturated carbocycles. The van der Waals surface area contributed by atoms with E-state index in [1.165, 1.54) is 12.8 Å². The minimum atomic E-state index is -0.183. The molecule has 0 bridgehead atoms. The minimum Gasteiger partial charge on any atom is -0.303 e. The molecule has 82 valence electrons. The summed E-state index contributed by atoms with van der Waals surface area (Å²) in [6, 6.07) is 0.761. The summed E-state index contributed by atoms with van der Waals surface area (Å²) in [5.74, 6) is 0.693. The fourth-order valence-electron chi connectivity index (χ4n) is 1.81. The van der Waals surface area contributed by atoms with Crippen molar-refractivity contribution in [2.75, 3.05) is 13.1 Å². The Morgan fingerprint density at radius 2 is 2.00 bits per heavy atom. The van der Waals surface area contributed by atoms with E-state index in [4.69, 9.17) is 0 Å². The van der Waals surface area contributed by atoms with Crippen LogP contribution in [0.15, 0.2) is 0 Å². The predicted molar refractivity (Wildman–Crippen MR) is 59.3 cm³/mol. The van der Waals surface area contributed by atoms with Gasteiger partial charge < -0.3 is 4.79 Å². The molecular formula is C12H23NO. The van der Waals surface area contributed by atoms with Crippen molar-refractivity contribution in [3.8, 4) is 0 Å². The van der Waals surface area contributed by atoms with Crippen molar-refractivity contribution in [1.29, 1.82) is 0 Å². The van der Waals surface area contributed by atoms with Gasteiger partial charge in [0.25, 0.3) is 0 Å². The monoisotopic (exact) mass is 197 g/mol. The van der Waals surface area contributed by atoms with E-state index >= 15 is 0 Å².